The fraction of sp³-hybridized carbons (Fsp3) is 0.714. The van der Waals surface area contributed by atoms with E-state index in [0.29, 0.717) is 12.2 Å². The van der Waals surface area contributed by atoms with Gasteiger partial charge in [-0.2, -0.15) is 8.42 Å². The first-order chi connectivity index (χ1) is 6.18. The molecule has 0 bridgehead atoms. The second kappa shape index (κ2) is 3.30. The lowest BCUT2D eigenvalue weighted by molar-refractivity contribution is 0.401. The molecule has 14 heavy (non-hydrogen) atoms. The van der Waals surface area contributed by atoms with Gasteiger partial charge in [-0.1, -0.05) is 24.7 Å². The van der Waals surface area contributed by atoms with Gasteiger partial charge < -0.3 is 4.98 Å². The second-order valence-electron chi connectivity index (χ2n) is 4.25. The van der Waals surface area contributed by atoms with Crippen LogP contribution in [0.3, 0.4) is 0 Å². The molecule has 0 saturated carbocycles. The van der Waals surface area contributed by atoms with Crippen LogP contribution in [0.4, 0.5) is 3.89 Å². The molecule has 0 unspecified atom stereocenters. The van der Waals surface area contributed by atoms with Crippen molar-refractivity contribution in [2.45, 2.75) is 32.3 Å². The predicted molar refractivity (Wildman–Crippen MR) is 47.8 cm³/mol. The summed E-state index contributed by atoms with van der Waals surface area (Å²) >= 11 is 0. The van der Waals surface area contributed by atoms with E-state index in [1.54, 1.807) is 0 Å². The van der Waals surface area contributed by atoms with Gasteiger partial charge in [0.15, 0.2) is 0 Å². The van der Waals surface area contributed by atoms with Gasteiger partial charge in [-0.3, -0.25) is 0 Å². The first kappa shape index (κ1) is 11.1. The molecule has 5 nitrogen and oxygen atoms in total. The molecule has 0 aliphatic rings. The third-order valence-corrected chi connectivity index (χ3v) is 2.09. The highest BCUT2D eigenvalue weighted by Crippen LogP contribution is 2.18. The van der Waals surface area contributed by atoms with Crippen LogP contribution in [0.2, 0.25) is 0 Å². The average molecular weight is 221 g/mol. The molecule has 1 heterocycles. The lowest BCUT2D eigenvalue weighted by atomic mass is 9.92. The Kier molecular flexibility index (Phi) is 2.62. The van der Waals surface area contributed by atoms with Gasteiger partial charge in [-0.05, 0) is 5.41 Å². The van der Waals surface area contributed by atoms with Crippen LogP contribution in [0.5, 0.6) is 0 Å². The van der Waals surface area contributed by atoms with Gasteiger partial charge in [0.2, 0.25) is 0 Å². The van der Waals surface area contributed by atoms with Crippen LogP contribution < -0.4 is 0 Å². The molecule has 0 spiro atoms. The van der Waals surface area contributed by atoms with E-state index in [-0.39, 0.29) is 5.41 Å². The third-order valence-electron chi connectivity index (χ3n) is 1.44. The van der Waals surface area contributed by atoms with Crippen molar-refractivity contribution in [3.05, 3.63) is 5.82 Å². The monoisotopic (exact) mass is 221 g/mol. The zero-order chi connectivity index (χ0) is 11.0. The summed E-state index contributed by atoms with van der Waals surface area (Å²) in [5.74, 6) is 0.369. The maximum Gasteiger partial charge on any atom is 0.368 e. The average Bonchev–Trinajstić information content (AvgIpc) is 2.29. The smallest absolute Gasteiger partial charge is 0.314 e. The number of hydrogen-bond acceptors (Lipinski definition) is 4. The summed E-state index contributed by atoms with van der Waals surface area (Å²) in [6.45, 7) is 5.87. The largest absolute Gasteiger partial charge is 0.368 e. The van der Waals surface area contributed by atoms with Gasteiger partial charge in [0.05, 0.1) is 0 Å². The maximum atomic E-state index is 12.4. The number of aromatic nitrogens is 3. The van der Waals surface area contributed by atoms with E-state index in [4.69, 9.17) is 0 Å². The summed E-state index contributed by atoms with van der Waals surface area (Å²) in [4.78, 5) is 2.32. The molecule has 0 radical (unpaired) electrons. The van der Waals surface area contributed by atoms with Gasteiger partial charge in [-0.25, -0.2) is 0 Å². The number of aromatic amines is 1. The van der Waals surface area contributed by atoms with Crippen molar-refractivity contribution in [1.29, 1.82) is 0 Å². The number of halogens is 1. The lowest BCUT2D eigenvalue weighted by Gasteiger charge is -2.14. The number of nitrogens with zero attached hydrogens (tertiary/aromatic N) is 2. The van der Waals surface area contributed by atoms with Crippen LogP contribution in [0, 0.1) is 5.41 Å². The van der Waals surface area contributed by atoms with Crippen LogP contribution in [-0.2, 0) is 16.6 Å². The van der Waals surface area contributed by atoms with Gasteiger partial charge in [0, 0.05) is 6.42 Å². The maximum absolute atomic E-state index is 12.4. The highest BCUT2D eigenvalue weighted by Gasteiger charge is 2.20. The molecular weight excluding hydrogens is 209 g/mol. The van der Waals surface area contributed by atoms with E-state index in [2.05, 4.69) is 15.2 Å². The van der Waals surface area contributed by atoms with E-state index in [1.807, 2.05) is 20.8 Å². The summed E-state index contributed by atoms with van der Waals surface area (Å²) in [5.41, 5.74) is -0.0587. The van der Waals surface area contributed by atoms with Gasteiger partial charge in [0.1, 0.15) is 5.82 Å². The molecule has 0 saturated heterocycles. The van der Waals surface area contributed by atoms with Crippen LogP contribution in [0.25, 0.3) is 0 Å². The first-order valence-electron chi connectivity index (χ1n) is 4.05. The Bertz CT molecular complexity index is 418. The molecule has 1 N–H and O–H groups in total. The Labute approximate surface area is 82.0 Å². The zero-order valence-corrected chi connectivity index (χ0v) is 9.02. The highest BCUT2D eigenvalue weighted by atomic mass is 32.3. The Hall–Kier alpha value is -0.980. The van der Waals surface area contributed by atoms with E-state index >= 15 is 0 Å². The molecule has 0 fully saturated rings. The Morgan fingerprint density at radius 2 is 1.93 bits per heavy atom. The Morgan fingerprint density at radius 3 is 2.29 bits per heavy atom. The number of rotatable bonds is 2. The number of H-pyrrole nitrogens is 1. The van der Waals surface area contributed by atoms with E-state index in [9.17, 15) is 12.3 Å². The van der Waals surface area contributed by atoms with Crippen LogP contribution in [-0.4, -0.2) is 23.6 Å². The van der Waals surface area contributed by atoms with Crippen molar-refractivity contribution in [3.8, 4) is 0 Å². The number of hydrogen-bond donors (Lipinski definition) is 1. The molecule has 0 aliphatic heterocycles. The highest BCUT2D eigenvalue weighted by molar-refractivity contribution is 7.86. The standard InChI is InChI=1S/C7H12FN3O2S/c1-7(2,3)4-5-9-6(11-10-5)14(8,12)13/h4H2,1-3H3,(H,9,10,11). The molecule has 0 aliphatic carbocycles. The molecule has 1 rings (SSSR count). The van der Waals surface area contributed by atoms with E-state index in [1.165, 1.54) is 0 Å². The predicted octanol–water partition coefficient (Wildman–Crippen LogP) is 1.05. The molecule has 7 heteroatoms. The van der Waals surface area contributed by atoms with Crippen LogP contribution >= 0.6 is 0 Å². The van der Waals surface area contributed by atoms with Crippen molar-refractivity contribution < 1.29 is 12.3 Å². The first-order valence-corrected chi connectivity index (χ1v) is 5.43. The van der Waals surface area contributed by atoms with Gasteiger partial charge in [-0.15, -0.1) is 10.2 Å². The van der Waals surface area contributed by atoms with Gasteiger partial charge in [0.25, 0.3) is 5.16 Å². The molecule has 0 amide bonds. The Morgan fingerprint density at radius 1 is 1.36 bits per heavy atom. The molecule has 0 atom stereocenters. The zero-order valence-electron chi connectivity index (χ0n) is 8.20. The fourth-order valence-electron chi connectivity index (χ4n) is 0.971. The summed E-state index contributed by atoms with van der Waals surface area (Å²) < 4.78 is 33.2. The quantitative estimate of drug-likeness (QED) is 0.757. The summed E-state index contributed by atoms with van der Waals surface area (Å²) in [7, 11) is -4.77. The van der Waals surface area contributed by atoms with Crippen LogP contribution in [0.1, 0.15) is 26.6 Å². The van der Waals surface area contributed by atoms with Crippen molar-refractivity contribution in [2.24, 2.45) is 5.41 Å². The van der Waals surface area contributed by atoms with E-state index < -0.39 is 15.4 Å². The molecule has 0 aromatic carbocycles. The van der Waals surface area contributed by atoms with E-state index in [0.717, 1.165) is 0 Å². The molecule has 1 aromatic heterocycles. The third kappa shape index (κ3) is 3.06. The SMILES string of the molecule is CC(C)(C)Cc1nnc(S(=O)(=O)F)[nH]1. The van der Waals surface area contributed by atoms with Crippen molar-refractivity contribution in [1.82, 2.24) is 15.2 Å². The fourth-order valence-corrected chi connectivity index (χ4v) is 1.35. The topological polar surface area (TPSA) is 75.7 Å². The number of nitrogens with one attached hydrogen (secondary N) is 1. The van der Waals surface area contributed by atoms with Crippen LogP contribution in [0.15, 0.2) is 5.16 Å². The summed E-state index contributed by atoms with van der Waals surface area (Å²) in [6, 6.07) is 0. The molecular formula is C7H12FN3O2S. The molecule has 80 valence electrons. The van der Waals surface area contributed by atoms with Crippen molar-refractivity contribution in [3.63, 3.8) is 0 Å². The second-order valence-corrected chi connectivity index (χ2v) is 5.51. The Balaban J connectivity index is 2.90. The molecule has 1 aromatic rings. The summed E-state index contributed by atoms with van der Waals surface area (Å²) in [6.07, 6.45) is 0.509. The van der Waals surface area contributed by atoms with Crippen molar-refractivity contribution in [2.75, 3.05) is 0 Å². The minimum atomic E-state index is -4.77. The normalized spacial score (nSPS) is 13.1. The minimum absolute atomic E-state index is 0.0587. The minimum Gasteiger partial charge on any atom is -0.314 e. The van der Waals surface area contributed by atoms with Crippen molar-refractivity contribution >= 4 is 10.2 Å². The van der Waals surface area contributed by atoms with Gasteiger partial charge >= 0.3 is 10.2 Å². The summed E-state index contributed by atoms with van der Waals surface area (Å²) in [5, 5.41) is 6.02. The lowest BCUT2D eigenvalue weighted by Crippen LogP contribution is -2.10.